The topological polar surface area (TPSA) is 263 Å². The minimum Gasteiger partial charge on any atom is -0.495 e. The van der Waals surface area contributed by atoms with Gasteiger partial charge in [0, 0.05) is 84.6 Å². The smallest absolute Gasteiger partial charge is 0.229 e. The molecule has 88 heavy (non-hydrogen) atoms. The molecule has 5 N–H and O–H groups in total. The number of hydrogen-bond acceptors (Lipinski definition) is 18. The van der Waals surface area contributed by atoms with Gasteiger partial charge in [-0.05, 0) is 139 Å². The van der Waals surface area contributed by atoms with E-state index in [-0.39, 0.29) is 0 Å². The van der Waals surface area contributed by atoms with E-state index in [0.29, 0.717) is 49.7 Å². The second-order valence-electron chi connectivity index (χ2n) is 19.8. The van der Waals surface area contributed by atoms with Crippen molar-refractivity contribution in [2.45, 2.75) is 13.8 Å². The summed E-state index contributed by atoms with van der Waals surface area (Å²) in [7, 11) is -3.63. The quantitative estimate of drug-likeness (QED) is 0.0639. The van der Waals surface area contributed by atoms with Crippen LogP contribution in [0.15, 0.2) is 183 Å². The van der Waals surface area contributed by atoms with Crippen LogP contribution in [0.3, 0.4) is 0 Å². The van der Waals surface area contributed by atoms with Crippen LogP contribution in [0.4, 0.5) is 45.9 Å². The Morgan fingerprint density at radius 1 is 0.375 bits per heavy atom. The number of nitrogens with one attached hydrogen (secondary N) is 5. The number of nitrogens with zero attached hydrogens (tertiary/aromatic N) is 9. The summed E-state index contributed by atoms with van der Waals surface area (Å²) in [4.78, 5) is 38.8. The molecule has 6 heterocycles. The van der Waals surface area contributed by atoms with Gasteiger partial charge in [-0.25, -0.2) is 51.7 Å². The minimum atomic E-state index is -3.40. The third-order valence-electron chi connectivity index (χ3n) is 13.2. The number of anilines is 8. The predicted molar refractivity (Wildman–Crippen MR) is 352 cm³/mol. The lowest BCUT2D eigenvalue weighted by Gasteiger charge is -2.11. The lowest BCUT2D eigenvalue weighted by molar-refractivity contribution is 0.398. The van der Waals surface area contributed by atoms with Crippen molar-refractivity contribution in [1.82, 2.24) is 44.9 Å². The van der Waals surface area contributed by atoms with E-state index < -0.39 is 20.0 Å². The molecule has 6 aromatic carbocycles. The highest BCUT2D eigenvalue weighted by molar-refractivity contribution is 7.92. The van der Waals surface area contributed by atoms with Gasteiger partial charge >= 0.3 is 0 Å². The number of pyridine rings is 3. The van der Waals surface area contributed by atoms with Gasteiger partial charge in [0.15, 0.2) is 0 Å². The Balaban J connectivity index is 0.000000146. The molecule has 0 radical (unpaired) electrons. The van der Waals surface area contributed by atoms with E-state index in [9.17, 15) is 16.8 Å². The highest BCUT2D eigenvalue weighted by Crippen LogP contribution is 2.35. The van der Waals surface area contributed by atoms with Crippen molar-refractivity contribution in [3.63, 3.8) is 0 Å². The fourth-order valence-corrected chi connectivity index (χ4v) is 10.6. The molecule has 0 unspecified atom stereocenters. The highest BCUT2D eigenvalue weighted by atomic mass is 35.5. The monoisotopic (exact) mass is 1270 g/mol. The lowest BCUT2D eigenvalue weighted by atomic mass is 10.0. The summed E-state index contributed by atoms with van der Waals surface area (Å²) in [6, 6.07) is 41.6. The molecule has 12 rings (SSSR count). The van der Waals surface area contributed by atoms with Gasteiger partial charge in [-0.1, -0.05) is 65.1 Å². The van der Waals surface area contributed by atoms with Gasteiger partial charge in [-0.2, -0.15) is 0 Å². The Hall–Kier alpha value is -9.84. The molecule has 0 amide bonds. The van der Waals surface area contributed by atoms with Crippen LogP contribution >= 0.6 is 34.8 Å². The molecule has 25 heteroatoms. The van der Waals surface area contributed by atoms with Crippen LogP contribution in [-0.2, 0) is 20.0 Å². The average Bonchev–Trinajstić information content (AvgIpc) is 2.54. The Morgan fingerprint density at radius 3 is 1.14 bits per heavy atom. The number of rotatable bonds is 15. The first-order valence-electron chi connectivity index (χ1n) is 26.5. The molecule has 0 aliphatic carbocycles. The summed E-state index contributed by atoms with van der Waals surface area (Å²) in [6.45, 7) is 3.92. The average molecular weight is 1270 g/mol. The maximum absolute atomic E-state index is 11.5. The Kier molecular flexibility index (Phi) is 18.7. The summed E-state index contributed by atoms with van der Waals surface area (Å²) >= 11 is 18.7. The van der Waals surface area contributed by atoms with Crippen molar-refractivity contribution in [2.24, 2.45) is 0 Å². The molecule has 0 saturated heterocycles. The molecule has 0 aliphatic rings. The number of ether oxygens (including phenoxy) is 2. The first-order valence-corrected chi connectivity index (χ1v) is 31.4. The fraction of sp³-hybridized carbons (Fsp3) is 0.0952. The Bertz CT molecular complexity index is 4810. The first kappa shape index (κ1) is 61.3. The van der Waals surface area contributed by atoms with Gasteiger partial charge in [0.25, 0.3) is 0 Å². The maximum atomic E-state index is 11.5. The van der Waals surface area contributed by atoms with Crippen LogP contribution in [0.5, 0.6) is 11.6 Å². The number of sulfonamides is 2. The first-order chi connectivity index (χ1) is 42.2. The van der Waals surface area contributed by atoms with Gasteiger partial charge in [-0.15, -0.1) is 0 Å². The number of methoxy groups -OCH3 is 2. The molecule has 0 spiro atoms. The van der Waals surface area contributed by atoms with Gasteiger partial charge in [0.05, 0.1) is 72.1 Å². The molecule has 0 fully saturated rings. The van der Waals surface area contributed by atoms with Crippen LogP contribution in [-0.4, -0.2) is 88.4 Å². The standard InChI is InChI=1S/C21H18ClN5O3S.C21H18ClN5O2S.C21H17ClN4O/c1-30-20-6-4-15(9-18(20)22)26-21-17-8-13(3-5-19(17)24-12-25-21)14-7-16(11-23-10-14)27-31(2,28)29;1-13-3-5-16(9-19(13)22)26-21-18-8-14(4-6-20(18)24-12-25-21)15-7-17(11-23-10-15)27-30(2,28)29;1-13-3-6-16(10-18(13)22)26-21-17-9-14(4-7-19(17)24-12-25-21)15-5-8-20(27-2)23-11-15/h3-12,27H,1-2H3,(H,24,25,26);3-12,27H,1-2H3,(H,24,25,26);3-12H,1-2H3,(H,24,25,26). The molecule has 0 aliphatic heterocycles. The number of fused-ring (bicyclic) bond motifs is 3. The second-order valence-corrected chi connectivity index (χ2v) is 24.5. The van der Waals surface area contributed by atoms with E-state index in [1.807, 2.05) is 117 Å². The fourth-order valence-electron chi connectivity index (χ4n) is 8.91. The van der Waals surface area contributed by atoms with Gasteiger partial charge in [0.1, 0.15) is 42.2 Å². The van der Waals surface area contributed by atoms with Crippen molar-refractivity contribution in [3.8, 4) is 45.0 Å². The zero-order valence-corrected chi connectivity index (χ0v) is 51.6. The molecule has 0 bridgehead atoms. The summed E-state index contributed by atoms with van der Waals surface area (Å²) in [5, 5.41) is 14.3. The largest absolute Gasteiger partial charge is 0.495 e. The summed E-state index contributed by atoms with van der Waals surface area (Å²) < 4.78 is 61.3. The number of hydrogen-bond donors (Lipinski definition) is 5. The van der Waals surface area contributed by atoms with E-state index in [1.54, 1.807) is 63.4 Å². The summed E-state index contributed by atoms with van der Waals surface area (Å²) in [5.41, 5.74) is 12.8. The van der Waals surface area contributed by atoms with Crippen LogP contribution < -0.4 is 34.9 Å². The Morgan fingerprint density at radius 2 is 0.773 bits per heavy atom. The van der Waals surface area contributed by atoms with Crippen LogP contribution in [0.25, 0.3) is 66.1 Å². The summed E-state index contributed by atoms with van der Waals surface area (Å²) in [5.74, 6) is 3.13. The molecule has 0 saturated carbocycles. The molecule has 6 aromatic heterocycles. The molecule has 0 atom stereocenters. The molecule has 12 aromatic rings. The van der Waals surface area contributed by atoms with Gasteiger partial charge < -0.3 is 25.4 Å². The van der Waals surface area contributed by atoms with E-state index in [1.165, 1.54) is 25.0 Å². The molecular formula is C63H53Cl3N14O6S2. The second kappa shape index (κ2) is 26.8. The van der Waals surface area contributed by atoms with E-state index >= 15 is 0 Å². The van der Waals surface area contributed by atoms with Crippen molar-refractivity contribution in [2.75, 3.05) is 52.1 Å². The van der Waals surface area contributed by atoms with E-state index in [4.69, 9.17) is 44.3 Å². The third kappa shape index (κ3) is 15.6. The lowest BCUT2D eigenvalue weighted by Crippen LogP contribution is -2.09. The SMILES string of the molecule is COc1ccc(-c2ccc3ncnc(Nc4ccc(C)c(Cl)c4)c3c2)cn1.COc1ccc(Nc2ncnc3ccc(-c4cncc(NS(C)(=O)=O)c4)cc23)cc1Cl.Cc1ccc(Nc2ncnc3ccc(-c4cncc(NS(C)(=O)=O)c4)cc23)cc1Cl. The van der Waals surface area contributed by atoms with Crippen molar-refractivity contribution in [1.29, 1.82) is 0 Å². The molecule has 444 valence electrons. The van der Waals surface area contributed by atoms with Crippen LogP contribution in [0, 0.1) is 13.8 Å². The van der Waals surface area contributed by atoms with Crippen LogP contribution in [0.2, 0.25) is 15.1 Å². The minimum absolute atomic E-state index is 0.385. The predicted octanol–water partition coefficient (Wildman–Crippen LogP) is 14.6. The van der Waals surface area contributed by atoms with E-state index in [2.05, 4.69) is 76.3 Å². The van der Waals surface area contributed by atoms with Crippen molar-refractivity contribution < 1.29 is 26.3 Å². The van der Waals surface area contributed by atoms with Crippen LogP contribution in [0.1, 0.15) is 11.1 Å². The highest BCUT2D eigenvalue weighted by Gasteiger charge is 2.14. The zero-order chi connectivity index (χ0) is 62.1. The maximum Gasteiger partial charge on any atom is 0.229 e. The number of benzene rings is 6. The van der Waals surface area contributed by atoms with Crippen molar-refractivity contribution >= 4 is 133 Å². The van der Waals surface area contributed by atoms with E-state index in [0.717, 1.165) is 113 Å². The van der Waals surface area contributed by atoms with Crippen molar-refractivity contribution in [3.05, 3.63) is 210 Å². The number of aryl methyl sites for hydroxylation is 2. The Labute approximate surface area is 522 Å². The zero-order valence-electron chi connectivity index (χ0n) is 47.7. The third-order valence-corrected chi connectivity index (χ3v) is 15.5. The van der Waals surface area contributed by atoms with Gasteiger partial charge in [0.2, 0.25) is 25.9 Å². The number of aromatic nitrogens is 9. The molecule has 20 nitrogen and oxygen atoms in total. The summed E-state index contributed by atoms with van der Waals surface area (Å²) in [6.07, 6.45) is 14.8. The molecular weight excluding hydrogens is 1220 g/mol. The number of halogens is 3. The van der Waals surface area contributed by atoms with Gasteiger partial charge in [-0.3, -0.25) is 19.4 Å². The normalized spacial score (nSPS) is 11.2.